The lowest BCUT2D eigenvalue weighted by atomic mass is 9.95. The van der Waals surface area contributed by atoms with Crippen molar-refractivity contribution in [2.24, 2.45) is 5.92 Å². The number of methoxy groups -OCH3 is 2. The molecule has 1 saturated heterocycles. The number of alkyl halides is 2. The number of nitrogens with zero attached hydrogens (tertiary/aromatic N) is 7. The Morgan fingerprint density at radius 1 is 0.720 bits per heavy atom. The Bertz CT molecular complexity index is 3190. The fraction of sp³-hybridized carbons (Fsp3) is 0.424. The predicted molar refractivity (Wildman–Crippen MR) is 306 cm³/mol. The second kappa shape index (κ2) is 28.3. The van der Waals surface area contributed by atoms with Gasteiger partial charge in [-0.15, -0.1) is 5.10 Å². The van der Waals surface area contributed by atoms with E-state index in [1.54, 1.807) is 32.4 Å². The number of carbonyl (C=O) groups is 4. The van der Waals surface area contributed by atoms with Gasteiger partial charge in [0.25, 0.3) is 11.8 Å². The summed E-state index contributed by atoms with van der Waals surface area (Å²) in [5.74, 6) is 3.03. The Balaban J connectivity index is 0.000000148. The first-order valence-corrected chi connectivity index (χ1v) is 28.4. The zero-order valence-corrected chi connectivity index (χ0v) is 47.3. The Labute approximate surface area is 484 Å². The fourth-order valence-corrected chi connectivity index (χ4v) is 10.5. The summed E-state index contributed by atoms with van der Waals surface area (Å²) in [5, 5.41) is 21.1. The molecule has 5 heterocycles. The molecule has 2 saturated carbocycles. The summed E-state index contributed by atoms with van der Waals surface area (Å²) >= 11 is 12.0. The van der Waals surface area contributed by atoms with Crippen molar-refractivity contribution in [2.75, 3.05) is 74.5 Å². The largest absolute Gasteiger partial charge is 0.494 e. The van der Waals surface area contributed by atoms with Gasteiger partial charge in [0.05, 0.1) is 49.2 Å². The van der Waals surface area contributed by atoms with Crippen LogP contribution in [0.25, 0.3) is 0 Å². The van der Waals surface area contributed by atoms with Crippen molar-refractivity contribution in [3.05, 3.63) is 123 Å². The molecule has 4 aromatic carbocycles. The molecular formula is C59H66Cl2F2N10O9. The van der Waals surface area contributed by atoms with Gasteiger partial charge in [-0.1, -0.05) is 42.5 Å². The van der Waals surface area contributed by atoms with E-state index >= 15 is 0 Å². The van der Waals surface area contributed by atoms with E-state index in [1.165, 1.54) is 68.3 Å². The van der Waals surface area contributed by atoms with Gasteiger partial charge < -0.3 is 49.4 Å². The monoisotopic (exact) mass is 1170 g/mol. The number of unbranched alkanes of at least 4 members (excludes halogenated alkanes) is 1. The predicted octanol–water partition coefficient (Wildman–Crippen LogP) is 11.0. The Morgan fingerprint density at radius 2 is 1.38 bits per heavy atom. The van der Waals surface area contributed by atoms with Crippen LogP contribution in [0.1, 0.15) is 114 Å². The lowest BCUT2D eigenvalue weighted by Gasteiger charge is -2.36. The van der Waals surface area contributed by atoms with Crippen LogP contribution >= 0.6 is 23.2 Å². The lowest BCUT2D eigenvalue weighted by Crippen LogP contribution is -2.48. The van der Waals surface area contributed by atoms with Crippen molar-refractivity contribution < 1.29 is 51.6 Å². The molecule has 434 valence electrons. The molecule has 23 heteroatoms. The fourth-order valence-electron chi connectivity index (χ4n) is 10.1. The van der Waals surface area contributed by atoms with Crippen molar-refractivity contribution in [3.8, 4) is 28.7 Å². The van der Waals surface area contributed by atoms with Gasteiger partial charge in [-0.05, 0) is 152 Å². The number of aryl methyl sites for hydroxylation is 3. The first-order valence-electron chi connectivity index (χ1n) is 27.7. The van der Waals surface area contributed by atoms with Gasteiger partial charge in [-0.25, -0.2) is 4.68 Å². The van der Waals surface area contributed by atoms with E-state index in [2.05, 4.69) is 56.8 Å². The number of benzene rings is 4. The van der Waals surface area contributed by atoms with E-state index in [0.29, 0.717) is 68.2 Å². The second-order valence-corrected chi connectivity index (χ2v) is 21.3. The first-order chi connectivity index (χ1) is 39.8. The number of anilines is 4. The Hall–Kier alpha value is -7.78. The minimum atomic E-state index is -2.99. The molecule has 2 aromatic heterocycles. The third-order valence-corrected chi connectivity index (χ3v) is 15.3. The van der Waals surface area contributed by atoms with E-state index in [0.717, 1.165) is 92.2 Å². The molecule has 0 bridgehead atoms. The summed E-state index contributed by atoms with van der Waals surface area (Å²) in [6, 6.07) is 21.8. The third kappa shape index (κ3) is 15.8. The number of fused-ring (bicyclic) bond motifs is 2. The quantitative estimate of drug-likeness (QED) is 0.0683. The average Bonchev–Trinajstić information content (AvgIpc) is 4.27. The highest BCUT2D eigenvalue weighted by atomic mass is 35.5. The zero-order valence-electron chi connectivity index (χ0n) is 45.8. The SMILES string of the molecule is COc1ccc(C(=O)N2CCN(c3ccc4c(c3)CCC(=O)N4)CC2)cc1OC.O=C(Nc1c(Cl)cncc1Cl)c1ccc(OC(F)F)c(OCC2CC2)c1.O=C1CCc2cc(OCCCCc3nnnn3C3CCCCC3)ccc2N1. The van der Waals surface area contributed by atoms with Crippen LogP contribution in [0.5, 0.6) is 28.7 Å². The summed E-state index contributed by atoms with van der Waals surface area (Å²) < 4.78 is 53.6. The van der Waals surface area contributed by atoms with Crippen molar-refractivity contribution in [1.82, 2.24) is 30.1 Å². The van der Waals surface area contributed by atoms with Gasteiger partial charge in [-0.3, -0.25) is 24.2 Å². The minimum absolute atomic E-state index is 0.00115. The second-order valence-electron chi connectivity index (χ2n) is 20.5. The highest BCUT2D eigenvalue weighted by molar-refractivity contribution is 6.39. The number of amides is 4. The van der Waals surface area contributed by atoms with Gasteiger partial charge >= 0.3 is 6.61 Å². The summed E-state index contributed by atoms with van der Waals surface area (Å²) in [6.45, 7) is 0.909. The van der Waals surface area contributed by atoms with Gasteiger partial charge in [0.1, 0.15) is 5.75 Å². The molecule has 0 radical (unpaired) electrons. The number of carbonyl (C=O) groups excluding carboxylic acids is 4. The number of aromatic nitrogens is 5. The summed E-state index contributed by atoms with van der Waals surface area (Å²) in [5.41, 5.74) is 6.27. The molecule has 0 spiro atoms. The molecule has 0 atom stereocenters. The number of hydrogen-bond donors (Lipinski definition) is 3. The standard InChI is InChI=1S/C22H25N3O4.C20H27N5O2.C17H14Cl2F2N2O3/c1-28-19-7-3-16(14-20(19)29-2)22(27)25-11-9-24(10-12-25)17-5-6-18-15(13-17)4-8-21(26)23-18;26-20-12-9-15-14-17(10-11-18(15)21-20)27-13-5-4-8-19-22-23-24-25(19)16-6-2-1-3-7-16;18-11-6-22-7-12(19)15(11)23-16(24)10-3-4-13(26-17(20)21)14(5-10)25-8-9-1-2-9/h3,5-7,13-14H,4,8-12H2,1-2H3,(H,23,26);10-11,14,16H,1-9,12-13H2,(H,21,26);3-7,9,17H,1-2,8H2,(H,22,23,24). The van der Waals surface area contributed by atoms with E-state index in [1.807, 2.05) is 35.2 Å². The molecule has 19 nitrogen and oxygen atoms in total. The number of pyridine rings is 1. The highest BCUT2D eigenvalue weighted by Crippen LogP contribution is 2.37. The molecule has 0 unspecified atom stereocenters. The number of nitrogens with one attached hydrogen (secondary N) is 3. The summed E-state index contributed by atoms with van der Waals surface area (Å²) in [7, 11) is 3.14. The molecule has 2 aliphatic carbocycles. The van der Waals surface area contributed by atoms with Crippen LogP contribution in [-0.4, -0.2) is 114 Å². The smallest absolute Gasteiger partial charge is 0.387 e. The number of hydrogen-bond acceptors (Lipinski definition) is 14. The van der Waals surface area contributed by atoms with Crippen LogP contribution in [0.15, 0.2) is 85.2 Å². The van der Waals surface area contributed by atoms with Crippen molar-refractivity contribution >= 4 is 69.6 Å². The number of halogens is 4. The highest BCUT2D eigenvalue weighted by Gasteiger charge is 2.27. The van der Waals surface area contributed by atoms with Gasteiger partial charge in [-0.2, -0.15) is 8.78 Å². The van der Waals surface area contributed by atoms with Crippen LogP contribution in [0.2, 0.25) is 10.0 Å². The average molecular weight is 1170 g/mol. The zero-order chi connectivity index (χ0) is 57.5. The van der Waals surface area contributed by atoms with Crippen molar-refractivity contribution in [1.29, 1.82) is 0 Å². The number of tetrazole rings is 1. The third-order valence-electron chi connectivity index (χ3n) is 14.7. The number of ether oxygens (including phenoxy) is 5. The Kier molecular flexibility index (Phi) is 20.3. The molecule has 3 aliphatic heterocycles. The normalized spacial score (nSPS) is 15.7. The van der Waals surface area contributed by atoms with Crippen LogP contribution < -0.4 is 44.5 Å². The number of rotatable bonds is 18. The van der Waals surface area contributed by atoms with E-state index in [-0.39, 0.29) is 50.5 Å². The summed E-state index contributed by atoms with van der Waals surface area (Å²) in [4.78, 5) is 56.3. The molecule has 3 N–H and O–H groups in total. The van der Waals surface area contributed by atoms with Gasteiger partial charge in [0, 0.05) is 86.0 Å². The van der Waals surface area contributed by atoms with Crippen LogP contribution in [0.4, 0.5) is 31.5 Å². The molecule has 4 amide bonds. The maximum Gasteiger partial charge on any atom is 0.387 e. The Morgan fingerprint density at radius 3 is 2.06 bits per heavy atom. The van der Waals surface area contributed by atoms with E-state index in [4.69, 9.17) is 42.1 Å². The molecule has 82 heavy (non-hydrogen) atoms. The molecule has 11 rings (SSSR count). The number of piperazine rings is 1. The maximum atomic E-state index is 12.9. The van der Waals surface area contributed by atoms with Crippen molar-refractivity contribution in [2.45, 2.75) is 103 Å². The maximum absolute atomic E-state index is 12.9. The van der Waals surface area contributed by atoms with E-state index < -0.39 is 12.5 Å². The molecule has 3 fully saturated rings. The lowest BCUT2D eigenvalue weighted by molar-refractivity contribution is -0.117. The van der Waals surface area contributed by atoms with E-state index in [9.17, 15) is 28.0 Å². The molecular weight excluding hydrogens is 1100 g/mol. The topological polar surface area (TPSA) is 213 Å². The van der Waals surface area contributed by atoms with Crippen LogP contribution in [0, 0.1) is 5.92 Å². The first kappa shape index (κ1) is 58.9. The van der Waals surface area contributed by atoms with Crippen LogP contribution in [-0.2, 0) is 28.9 Å². The summed E-state index contributed by atoms with van der Waals surface area (Å²) in [6.07, 6.45) is 16.5. The van der Waals surface area contributed by atoms with Gasteiger partial charge in [0.2, 0.25) is 11.8 Å². The molecule has 5 aliphatic rings. The minimum Gasteiger partial charge on any atom is -0.494 e. The molecule has 6 aromatic rings. The van der Waals surface area contributed by atoms with Crippen LogP contribution in [0.3, 0.4) is 0 Å². The van der Waals surface area contributed by atoms with Crippen molar-refractivity contribution in [3.63, 3.8) is 0 Å². The van der Waals surface area contributed by atoms with Gasteiger partial charge in [0.15, 0.2) is 28.8 Å².